The summed E-state index contributed by atoms with van der Waals surface area (Å²) in [7, 11) is 3.09. The van der Waals surface area contributed by atoms with Crippen molar-refractivity contribution in [3.63, 3.8) is 0 Å². The largest absolute Gasteiger partial charge is 0.496 e. The maximum Gasteiger partial charge on any atom is 0.210 e. The first-order valence-electron chi connectivity index (χ1n) is 5.60. The second-order valence-electron chi connectivity index (χ2n) is 3.93. The van der Waals surface area contributed by atoms with Gasteiger partial charge < -0.3 is 9.47 Å². The summed E-state index contributed by atoms with van der Waals surface area (Å²) < 4.78 is 11.5. The molecule has 0 saturated carbocycles. The SMILES string of the molecule is COc1cccc(OC)c1C(=O)c1cc(C)c(Br)s1. The number of methoxy groups -OCH3 is 2. The summed E-state index contributed by atoms with van der Waals surface area (Å²) in [5.41, 5.74) is 1.50. The van der Waals surface area contributed by atoms with E-state index in [1.165, 1.54) is 11.3 Å². The monoisotopic (exact) mass is 340 g/mol. The van der Waals surface area contributed by atoms with Gasteiger partial charge in [-0.2, -0.15) is 0 Å². The van der Waals surface area contributed by atoms with E-state index in [9.17, 15) is 4.79 Å². The minimum atomic E-state index is -0.0897. The van der Waals surface area contributed by atoms with Gasteiger partial charge in [-0.25, -0.2) is 0 Å². The summed E-state index contributed by atoms with van der Waals surface area (Å²) >= 11 is 4.84. The Balaban J connectivity index is 2.54. The standard InChI is InChI=1S/C14H13BrO3S/c1-8-7-11(19-14(8)15)13(16)12-9(17-2)5-4-6-10(12)18-3/h4-7H,1-3H3. The number of thiophene rings is 1. The van der Waals surface area contributed by atoms with Crippen LogP contribution in [-0.4, -0.2) is 20.0 Å². The quantitative estimate of drug-likeness (QED) is 0.787. The van der Waals surface area contributed by atoms with Crippen molar-refractivity contribution < 1.29 is 14.3 Å². The van der Waals surface area contributed by atoms with Gasteiger partial charge in [0.05, 0.1) is 22.9 Å². The molecule has 1 aromatic carbocycles. The minimum Gasteiger partial charge on any atom is -0.496 e. The second kappa shape index (κ2) is 5.75. The maximum absolute atomic E-state index is 12.6. The van der Waals surface area contributed by atoms with Crippen molar-refractivity contribution in [3.05, 3.63) is 44.1 Å². The van der Waals surface area contributed by atoms with Crippen LogP contribution in [0, 0.1) is 6.92 Å². The minimum absolute atomic E-state index is 0.0897. The second-order valence-corrected chi connectivity index (χ2v) is 6.30. The molecule has 1 aromatic heterocycles. The van der Waals surface area contributed by atoms with Gasteiger partial charge in [-0.3, -0.25) is 4.79 Å². The number of carbonyl (C=O) groups excluding carboxylic acids is 1. The van der Waals surface area contributed by atoms with Crippen molar-refractivity contribution >= 4 is 33.0 Å². The van der Waals surface area contributed by atoms with Gasteiger partial charge >= 0.3 is 0 Å². The number of ether oxygens (including phenoxy) is 2. The summed E-state index contributed by atoms with van der Waals surface area (Å²) in [5.74, 6) is 0.950. The fraction of sp³-hybridized carbons (Fsp3) is 0.214. The van der Waals surface area contributed by atoms with Crippen molar-refractivity contribution in [3.8, 4) is 11.5 Å². The highest BCUT2D eigenvalue weighted by atomic mass is 79.9. The lowest BCUT2D eigenvalue weighted by atomic mass is 10.1. The molecule has 3 nitrogen and oxygen atoms in total. The van der Waals surface area contributed by atoms with Crippen LogP contribution < -0.4 is 9.47 Å². The molecule has 0 atom stereocenters. The van der Waals surface area contributed by atoms with Gasteiger partial charge in [0.25, 0.3) is 0 Å². The molecule has 2 aromatic rings. The Morgan fingerprint density at radius 3 is 2.21 bits per heavy atom. The number of benzene rings is 1. The normalized spacial score (nSPS) is 10.3. The van der Waals surface area contributed by atoms with Gasteiger partial charge in [0.2, 0.25) is 5.78 Å². The Kier molecular flexibility index (Phi) is 4.27. The number of ketones is 1. The summed E-state index contributed by atoms with van der Waals surface area (Å²) in [6.07, 6.45) is 0. The van der Waals surface area contributed by atoms with Crippen molar-refractivity contribution in [1.82, 2.24) is 0 Å². The smallest absolute Gasteiger partial charge is 0.210 e. The molecular weight excluding hydrogens is 328 g/mol. The van der Waals surface area contributed by atoms with Crippen LogP contribution in [0.1, 0.15) is 20.8 Å². The predicted molar refractivity (Wildman–Crippen MR) is 79.7 cm³/mol. The van der Waals surface area contributed by atoms with Crippen molar-refractivity contribution in [2.24, 2.45) is 0 Å². The van der Waals surface area contributed by atoms with Gasteiger partial charge in [-0.15, -0.1) is 11.3 Å². The Morgan fingerprint density at radius 1 is 1.21 bits per heavy atom. The van der Waals surface area contributed by atoms with E-state index in [4.69, 9.17) is 9.47 Å². The predicted octanol–water partition coefficient (Wildman–Crippen LogP) is 4.07. The molecule has 0 radical (unpaired) electrons. The highest BCUT2D eigenvalue weighted by molar-refractivity contribution is 9.11. The molecule has 100 valence electrons. The molecule has 0 amide bonds. The van der Waals surface area contributed by atoms with E-state index >= 15 is 0 Å². The van der Waals surface area contributed by atoms with Gasteiger partial charge in [0.15, 0.2) is 0 Å². The van der Waals surface area contributed by atoms with E-state index in [1.807, 2.05) is 13.0 Å². The molecule has 0 N–H and O–H groups in total. The molecule has 0 aliphatic rings. The van der Waals surface area contributed by atoms with E-state index < -0.39 is 0 Å². The molecule has 5 heteroatoms. The van der Waals surface area contributed by atoms with E-state index in [0.717, 1.165) is 9.35 Å². The molecule has 0 aliphatic carbocycles. The van der Waals surface area contributed by atoms with Gasteiger partial charge in [-0.05, 0) is 46.6 Å². The van der Waals surface area contributed by atoms with Crippen molar-refractivity contribution in [2.75, 3.05) is 14.2 Å². The lowest BCUT2D eigenvalue weighted by molar-refractivity contribution is 0.103. The third-order valence-electron chi connectivity index (χ3n) is 2.74. The van der Waals surface area contributed by atoms with Crippen molar-refractivity contribution in [2.45, 2.75) is 6.92 Å². The first-order chi connectivity index (χ1) is 9.08. The van der Waals surface area contributed by atoms with Crippen LogP contribution >= 0.6 is 27.3 Å². The van der Waals surface area contributed by atoms with Crippen LogP contribution in [-0.2, 0) is 0 Å². The maximum atomic E-state index is 12.6. The van der Waals surface area contributed by atoms with E-state index in [-0.39, 0.29) is 5.78 Å². The van der Waals surface area contributed by atoms with E-state index in [0.29, 0.717) is 21.9 Å². The van der Waals surface area contributed by atoms with E-state index in [2.05, 4.69) is 15.9 Å². The first-order valence-corrected chi connectivity index (χ1v) is 7.21. The summed E-state index contributed by atoms with van der Waals surface area (Å²) in [4.78, 5) is 13.3. The zero-order valence-electron chi connectivity index (χ0n) is 10.8. The Hall–Kier alpha value is -1.33. The molecule has 19 heavy (non-hydrogen) atoms. The Labute approximate surface area is 124 Å². The zero-order valence-corrected chi connectivity index (χ0v) is 13.2. The van der Waals surface area contributed by atoms with Crippen LogP contribution in [0.5, 0.6) is 11.5 Å². The Bertz CT molecular complexity index is 577. The molecule has 0 fully saturated rings. The Morgan fingerprint density at radius 2 is 1.79 bits per heavy atom. The van der Waals surface area contributed by atoms with E-state index in [1.54, 1.807) is 32.4 Å². The molecular formula is C14H13BrO3S. The number of halogens is 1. The fourth-order valence-corrected chi connectivity index (χ4v) is 3.25. The molecule has 0 saturated heterocycles. The first kappa shape index (κ1) is 14.1. The number of aryl methyl sites for hydroxylation is 1. The highest BCUT2D eigenvalue weighted by Gasteiger charge is 2.21. The molecule has 0 bridgehead atoms. The topological polar surface area (TPSA) is 35.5 Å². The molecule has 1 heterocycles. The molecule has 0 aliphatic heterocycles. The average Bonchev–Trinajstić information content (AvgIpc) is 2.76. The van der Waals surface area contributed by atoms with Gasteiger partial charge in [0.1, 0.15) is 17.1 Å². The lowest BCUT2D eigenvalue weighted by Crippen LogP contribution is -2.05. The number of rotatable bonds is 4. The van der Waals surface area contributed by atoms with Crippen molar-refractivity contribution in [1.29, 1.82) is 0 Å². The molecule has 0 spiro atoms. The number of hydrogen-bond acceptors (Lipinski definition) is 4. The van der Waals surface area contributed by atoms with Gasteiger partial charge in [0, 0.05) is 0 Å². The summed E-state index contributed by atoms with van der Waals surface area (Å²) in [5, 5.41) is 0. The average molecular weight is 341 g/mol. The van der Waals surface area contributed by atoms with Crippen LogP contribution in [0.15, 0.2) is 28.1 Å². The molecule has 0 unspecified atom stereocenters. The van der Waals surface area contributed by atoms with Crippen LogP contribution in [0.3, 0.4) is 0 Å². The molecule has 2 rings (SSSR count). The lowest BCUT2D eigenvalue weighted by Gasteiger charge is -2.11. The summed E-state index contributed by atoms with van der Waals surface area (Å²) in [6.45, 7) is 1.96. The third-order valence-corrected chi connectivity index (χ3v) is 4.87. The fourth-order valence-electron chi connectivity index (χ4n) is 1.77. The number of hydrogen-bond donors (Lipinski definition) is 0. The van der Waals surface area contributed by atoms with Gasteiger partial charge in [-0.1, -0.05) is 6.07 Å². The van der Waals surface area contributed by atoms with Crippen LogP contribution in [0.25, 0.3) is 0 Å². The number of carbonyl (C=O) groups is 1. The summed E-state index contributed by atoms with van der Waals surface area (Å²) in [6, 6.07) is 7.17. The third kappa shape index (κ3) is 2.67. The zero-order chi connectivity index (χ0) is 14.0. The van der Waals surface area contributed by atoms with Crippen LogP contribution in [0.4, 0.5) is 0 Å². The van der Waals surface area contributed by atoms with Crippen LogP contribution in [0.2, 0.25) is 0 Å². The highest BCUT2D eigenvalue weighted by Crippen LogP contribution is 2.34.